The van der Waals surface area contributed by atoms with Gasteiger partial charge in [-0.1, -0.05) is 5.16 Å². The molecule has 0 fully saturated rings. The molecule has 20 heavy (non-hydrogen) atoms. The first-order valence-electron chi connectivity index (χ1n) is 5.54. The zero-order valence-corrected chi connectivity index (χ0v) is 10.2. The Kier molecular flexibility index (Phi) is 3.91. The van der Waals surface area contributed by atoms with Crippen LogP contribution in [0.4, 0.5) is 11.4 Å². The van der Waals surface area contributed by atoms with Gasteiger partial charge in [0.1, 0.15) is 17.6 Å². The SMILES string of the molecule is NNc1ccc(C(=O)NCc2ccon2)cc1[N+](=O)[O-]. The molecule has 1 heterocycles. The number of nitro benzene ring substituents is 1. The number of amides is 1. The molecule has 0 bridgehead atoms. The lowest BCUT2D eigenvalue weighted by Crippen LogP contribution is -2.23. The number of nitrogens with two attached hydrogens (primary N) is 1. The summed E-state index contributed by atoms with van der Waals surface area (Å²) in [4.78, 5) is 22.1. The minimum atomic E-state index is -0.621. The summed E-state index contributed by atoms with van der Waals surface area (Å²) in [5.74, 6) is 4.71. The number of rotatable bonds is 5. The van der Waals surface area contributed by atoms with E-state index in [0.29, 0.717) is 5.69 Å². The van der Waals surface area contributed by atoms with Crippen LogP contribution in [0.3, 0.4) is 0 Å². The van der Waals surface area contributed by atoms with Crippen molar-refractivity contribution in [1.82, 2.24) is 10.5 Å². The summed E-state index contributed by atoms with van der Waals surface area (Å²) >= 11 is 0. The van der Waals surface area contributed by atoms with Crippen LogP contribution in [0.5, 0.6) is 0 Å². The standard InChI is InChI=1S/C11H11N5O4/c12-14-9-2-1-7(5-10(9)16(18)19)11(17)13-6-8-3-4-20-15-8/h1-5,14H,6,12H2,(H,13,17). The van der Waals surface area contributed by atoms with Gasteiger partial charge in [-0.05, 0) is 12.1 Å². The Morgan fingerprint density at radius 1 is 1.45 bits per heavy atom. The van der Waals surface area contributed by atoms with E-state index in [-0.39, 0.29) is 23.5 Å². The minimum absolute atomic E-state index is 0.128. The predicted molar refractivity (Wildman–Crippen MR) is 68.6 cm³/mol. The summed E-state index contributed by atoms with van der Waals surface area (Å²) in [5, 5.41) is 17.1. The quantitative estimate of drug-likeness (QED) is 0.417. The molecule has 0 saturated heterocycles. The van der Waals surface area contributed by atoms with E-state index in [1.165, 1.54) is 18.4 Å². The van der Waals surface area contributed by atoms with Crippen LogP contribution in [0.1, 0.15) is 16.1 Å². The van der Waals surface area contributed by atoms with Gasteiger partial charge in [0.2, 0.25) is 0 Å². The fraction of sp³-hybridized carbons (Fsp3) is 0.0909. The zero-order valence-electron chi connectivity index (χ0n) is 10.2. The first-order chi connectivity index (χ1) is 9.61. The number of nitrogens with one attached hydrogen (secondary N) is 2. The summed E-state index contributed by atoms with van der Waals surface area (Å²) in [6.45, 7) is 0.167. The number of hydrogen-bond donors (Lipinski definition) is 3. The Labute approximate surface area is 112 Å². The van der Waals surface area contributed by atoms with Gasteiger partial charge in [-0.25, -0.2) is 0 Å². The summed E-state index contributed by atoms with van der Waals surface area (Å²) in [6, 6.07) is 5.54. The van der Waals surface area contributed by atoms with E-state index in [2.05, 4.69) is 20.4 Å². The number of hydrazine groups is 1. The molecule has 104 valence electrons. The Hall–Kier alpha value is -2.94. The second-order valence-corrected chi connectivity index (χ2v) is 3.81. The largest absolute Gasteiger partial charge is 0.364 e. The lowest BCUT2D eigenvalue weighted by molar-refractivity contribution is -0.384. The topological polar surface area (TPSA) is 136 Å². The molecule has 0 saturated carbocycles. The monoisotopic (exact) mass is 277 g/mol. The second kappa shape index (κ2) is 5.80. The molecular formula is C11H11N5O4. The van der Waals surface area contributed by atoms with Gasteiger partial charge in [0, 0.05) is 17.7 Å². The molecular weight excluding hydrogens is 266 g/mol. The van der Waals surface area contributed by atoms with Crippen LogP contribution in [-0.4, -0.2) is 16.0 Å². The van der Waals surface area contributed by atoms with Crippen molar-refractivity contribution in [3.05, 3.63) is 51.9 Å². The van der Waals surface area contributed by atoms with Crippen molar-refractivity contribution in [3.8, 4) is 0 Å². The lowest BCUT2D eigenvalue weighted by atomic mass is 10.1. The maximum atomic E-state index is 11.9. The number of nitro groups is 1. The third-order valence-corrected chi connectivity index (χ3v) is 2.53. The number of carbonyl (C=O) groups is 1. The van der Waals surface area contributed by atoms with E-state index >= 15 is 0 Å². The first-order valence-corrected chi connectivity index (χ1v) is 5.54. The summed E-state index contributed by atoms with van der Waals surface area (Å²) in [5.41, 5.74) is 2.75. The van der Waals surface area contributed by atoms with Crippen molar-refractivity contribution in [1.29, 1.82) is 0 Å². The molecule has 4 N–H and O–H groups in total. The molecule has 2 rings (SSSR count). The van der Waals surface area contributed by atoms with Gasteiger partial charge in [0.05, 0.1) is 11.5 Å². The van der Waals surface area contributed by atoms with Crippen molar-refractivity contribution in [2.75, 3.05) is 5.43 Å². The third kappa shape index (κ3) is 2.90. The van der Waals surface area contributed by atoms with Gasteiger partial charge in [0.15, 0.2) is 0 Å². The normalized spacial score (nSPS) is 10.1. The molecule has 0 unspecified atom stereocenters. The van der Waals surface area contributed by atoms with Crippen LogP contribution < -0.4 is 16.6 Å². The highest BCUT2D eigenvalue weighted by atomic mass is 16.6. The molecule has 0 aliphatic heterocycles. The molecule has 1 aromatic heterocycles. The molecule has 0 radical (unpaired) electrons. The summed E-state index contributed by atoms with van der Waals surface area (Å²) in [6.07, 6.45) is 1.38. The van der Waals surface area contributed by atoms with Crippen LogP contribution in [0.25, 0.3) is 0 Å². The fourth-order valence-electron chi connectivity index (χ4n) is 1.55. The molecule has 2 aromatic rings. The average molecular weight is 277 g/mol. The molecule has 9 nitrogen and oxygen atoms in total. The van der Waals surface area contributed by atoms with Crippen LogP contribution in [0.2, 0.25) is 0 Å². The first kappa shape index (κ1) is 13.5. The lowest BCUT2D eigenvalue weighted by Gasteiger charge is -2.05. The number of aromatic nitrogens is 1. The maximum absolute atomic E-state index is 11.9. The number of nitrogen functional groups attached to an aromatic ring is 1. The Morgan fingerprint density at radius 2 is 2.25 bits per heavy atom. The zero-order chi connectivity index (χ0) is 14.5. The van der Waals surface area contributed by atoms with Gasteiger partial charge >= 0.3 is 0 Å². The van der Waals surface area contributed by atoms with E-state index in [1.54, 1.807) is 6.07 Å². The molecule has 1 amide bonds. The van der Waals surface area contributed by atoms with Crippen molar-refractivity contribution in [2.24, 2.45) is 5.84 Å². The Bertz CT molecular complexity index is 626. The van der Waals surface area contributed by atoms with Crippen molar-refractivity contribution >= 4 is 17.3 Å². The molecule has 1 aromatic carbocycles. The van der Waals surface area contributed by atoms with Crippen molar-refractivity contribution < 1.29 is 14.2 Å². The van der Waals surface area contributed by atoms with Crippen LogP contribution in [-0.2, 0) is 6.54 Å². The molecule has 0 aliphatic carbocycles. The minimum Gasteiger partial charge on any atom is -0.364 e. The Balaban J connectivity index is 2.13. The van der Waals surface area contributed by atoms with Crippen LogP contribution in [0.15, 0.2) is 35.1 Å². The van der Waals surface area contributed by atoms with Gasteiger partial charge in [-0.15, -0.1) is 0 Å². The highest BCUT2D eigenvalue weighted by Gasteiger charge is 2.17. The van der Waals surface area contributed by atoms with Crippen LogP contribution >= 0.6 is 0 Å². The van der Waals surface area contributed by atoms with Crippen LogP contribution in [0, 0.1) is 10.1 Å². The Morgan fingerprint density at radius 3 is 2.85 bits per heavy atom. The van der Waals surface area contributed by atoms with E-state index in [4.69, 9.17) is 5.84 Å². The predicted octanol–water partition coefficient (Wildman–Crippen LogP) is 0.798. The van der Waals surface area contributed by atoms with E-state index in [1.807, 2.05) is 0 Å². The number of nitrogens with zero attached hydrogens (tertiary/aromatic N) is 2. The van der Waals surface area contributed by atoms with Crippen molar-refractivity contribution in [2.45, 2.75) is 6.54 Å². The number of hydrogen-bond acceptors (Lipinski definition) is 7. The number of carbonyl (C=O) groups excluding carboxylic acids is 1. The molecule has 0 spiro atoms. The van der Waals surface area contributed by atoms with E-state index in [0.717, 1.165) is 6.07 Å². The smallest absolute Gasteiger partial charge is 0.294 e. The third-order valence-electron chi connectivity index (χ3n) is 2.53. The fourth-order valence-corrected chi connectivity index (χ4v) is 1.55. The molecule has 0 aliphatic rings. The van der Waals surface area contributed by atoms with Gasteiger partial charge < -0.3 is 15.3 Å². The second-order valence-electron chi connectivity index (χ2n) is 3.81. The molecule has 0 atom stereocenters. The van der Waals surface area contributed by atoms with Gasteiger partial charge in [-0.2, -0.15) is 0 Å². The van der Waals surface area contributed by atoms with Gasteiger partial charge in [0.25, 0.3) is 11.6 Å². The molecule has 9 heteroatoms. The number of benzene rings is 1. The van der Waals surface area contributed by atoms with Crippen molar-refractivity contribution in [3.63, 3.8) is 0 Å². The summed E-state index contributed by atoms with van der Waals surface area (Å²) < 4.78 is 4.62. The summed E-state index contributed by atoms with van der Waals surface area (Å²) in [7, 11) is 0. The highest BCUT2D eigenvalue weighted by Crippen LogP contribution is 2.24. The average Bonchev–Trinajstić information content (AvgIpc) is 2.97. The van der Waals surface area contributed by atoms with Gasteiger partial charge in [-0.3, -0.25) is 20.8 Å². The maximum Gasteiger partial charge on any atom is 0.294 e. The number of anilines is 1. The highest BCUT2D eigenvalue weighted by molar-refractivity contribution is 5.95. The van der Waals surface area contributed by atoms with E-state index < -0.39 is 10.8 Å². The van der Waals surface area contributed by atoms with E-state index in [9.17, 15) is 14.9 Å².